The molecular formula is C26H31N5O. The van der Waals surface area contributed by atoms with Gasteiger partial charge in [-0.3, -0.25) is 14.8 Å². The lowest BCUT2D eigenvalue weighted by molar-refractivity contribution is -0.136. The van der Waals surface area contributed by atoms with E-state index in [0.29, 0.717) is 6.54 Å². The number of amides is 1. The molecule has 0 spiro atoms. The predicted molar refractivity (Wildman–Crippen MR) is 125 cm³/mol. The Morgan fingerprint density at radius 1 is 1.06 bits per heavy atom. The summed E-state index contributed by atoms with van der Waals surface area (Å²) in [4.78, 5) is 23.9. The van der Waals surface area contributed by atoms with Crippen LogP contribution in [0, 0.1) is 0 Å². The molecule has 2 atom stereocenters. The number of nitrogens with two attached hydrogens (primary N) is 1. The van der Waals surface area contributed by atoms with Gasteiger partial charge >= 0.3 is 0 Å². The van der Waals surface area contributed by atoms with E-state index < -0.39 is 6.04 Å². The third-order valence-electron chi connectivity index (χ3n) is 5.95. The Bertz CT molecular complexity index is 1020. The van der Waals surface area contributed by atoms with Gasteiger partial charge in [-0.05, 0) is 61.1 Å². The summed E-state index contributed by atoms with van der Waals surface area (Å²) in [7, 11) is 0. The predicted octanol–water partition coefficient (Wildman–Crippen LogP) is 3.52. The fourth-order valence-electron chi connectivity index (χ4n) is 4.29. The van der Waals surface area contributed by atoms with E-state index in [2.05, 4.69) is 45.6 Å². The molecule has 3 N–H and O–H groups in total. The van der Waals surface area contributed by atoms with E-state index in [1.54, 1.807) is 13.1 Å². The standard InChI is InChI=1S/C26H31N5O/c1-19(27)26(32)31(24-9-4-6-22-7-5-15-30-25(22)24)18-21-12-10-20(11-13-21)16-28-17-23-8-2-3-14-29-23/h2-3,5,7-8,10-15,19,24,28H,4,6,9,16-18,27H2,1H3. The Balaban J connectivity index is 1.44. The number of fused-ring (bicyclic) bond motifs is 1. The van der Waals surface area contributed by atoms with Crippen LogP contribution in [0.5, 0.6) is 0 Å². The lowest BCUT2D eigenvalue weighted by Crippen LogP contribution is -2.44. The first-order chi connectivity index (χ1) is 15.6. The Labute approximate surface area is 189 Å². The summed E-state index contributed by atoms with van der Waals surface area (Å²) in [5, 5.41) is 3.42. The molecule has 1 amide bonds. The Morgan fingerprint density at radius 3 is 2.59 bits per heavy atom. The van der Waals surface area contributed by atoms with Crippen LogP contribution in [0.3, 0.4) is 0 Å². The number of nitrogens with zero attached hydrogens (tertiary/aromatic N) is 3. The topological polar surface area (TPSA) is 84.1 Å². The molecule has 32 heavy (non-hydrogen) atoms. The van der Waals surface area contributed by atoms with Gasteiger partial charge in [0.05, 0.1) is 23.5 Å². The Kier molecular flexibility index (Phi) is 7.24. The Morgan fingerprint density at radius 2 is 1.84 bits per heavy atom. The number of carbonyl (C=O) groups excluding carboxylic acids is 1. The van der Waals surface area contributed by atoms with Crippen molar-refractivity contribution >= 4 is 5.91 Å². The summed E-state index contributed by atoms with van der Waals surface area (Å²) in [6.07, 6.45) is 6.60. The number of nitrogens with one attached hydrogen (secondary N) is 1. The molecule has 0 bridgehead atoms. The highest BCUT2D eigenvalue weighted by molar-refractivity contribution is 5.81. The van der Waals surface area contributed by atoms with Gasteiger partial charge in [-0.1, -0.05) is 36.4 Å². The number of rotatable bonds is 8. The molecule has 1 aliphatic carbocycles. The largest absolute Gasteiger partial charge is 0.328 e. The summed E-state index contributed by atoms with van der Waals surface area (Å²) < 4.78 is 0. The number of pyridine rings is 2. The minimum Gasteiger partial charge on any atom is -0.328 e. The first-order valence-corrected chi connectivity index (χ1v) is 11.3. The van der Waals surface area contributed by atoms with Gasteiger partial charge in [-0.15, -0.1) is 0 Å². The van der Waals surface area contributed by atoms with Crippen LogP contribution in [0.1, 0.15) is 53.9 Å². The summed E-state index contributed by atoms with van der Waals surface area (Å²) in [5.74, 6) is -0.0328. The maximum atomic E-state index is 13.1. The lowest BCUT2D eigenvalue weighted by Gasteiger charge is -2.36. The van der Waals surface area contributed by atoms with Gasteiger partial charge in [-0.25, -0.2) is 0 Å². The number of aromatic nitrogens is 2. The lowest BCUT2D eigenvalue weighted by atomic mass is 9.90. The van der Waals surface area contributed by atoms with Crippen molar-refractivity contribution in [3.63, 3.8) is 0 Å². The summed E-state index contributed by atoms with van der Waals surface area (Å²) >= 11 is 0. The van der Waals surface area contributed by atoms with Gasteiger partial charge in [0.1, 0.15) is 0 Å². The molecule has 6 nitrogen and oxygen atoms in total. The highest BCUT2D eigenvalue weighted by Crippen LogP contribution is 2.34. The van der Waals surface area contributed by atoms with Crippen LogP contribution in [-0.4, -0.2) is 26.8 Å². The highest BCUT2D eigenvalue weighted by Gasteiger charge is 2.31. The molecule has 1 aromatic carbocycles. The van der Waals surface area contributed by atoms with Crippen molar-refractivity contribution in [1.82, 2.24) is 20.2 Å². The zero-order chi connectivity index (χ0) is 22.3. The number of hydrogen-bond acceptors (Lipinski definition) is 5. The van der Waals surface area contributed by atoms with E-state index in [1.807, 2.05) is 35.4 Å². The van der Waals surface area contributed by atoms with Gasteiger partial charge in [0.2, 0.25) is 5.91 Å². The van der Waals surface area contributed by atoms with Crippen LogP contribution in [0.4, 0.5) is 0 Å². The first kappa shape index (κ1) is 22.1. The molecule has 0 aliphatic heterocycles. The summed E-state index contributed by atoms with van der Waals surface area (Å²) in [5.41, 5.74) is 11.6. The molecule has 166 valence electrons. The quantitative estimate of drug-likeness (QED) is 0.572. The molecule has 3 aromatic rings. The van der Waals surface area contributed by atoms with Gasteiger partial charge in [0, 0.05) is 32.0 Å². The maximum Gasteiger partial charge on any atom is 0.240 e. The molecule has 0 saturated carbocycles. The van der Waals surface area contributed by atoms with Crippen molar-refractivity contribution in [2.45, 2.75) is 57.9 Å². The molecule has 1 aliphatic rings. The number of carbonyl (C=O) groups is 1. The van der Waals surface area contributed by atoms with Crippen molar-refractivity contribution < 1.29 is 4.79 Å². The number of aryl methyl sites for hydroxylation is 1. The SMILES string of the molecule is CC(N)C(=O)N(Cc1ccc(CNCc2ccccn2)cc1)C1CCCc2cccnc21. The number of hydrogen-bond donors (Lipinski definition) is 2. The van der Waals surface area contributed by atoms with Crippen molar-refractivity contribution in [2.75, 3.05) is 0 Å². The second kappa shape index (κ2) is 10.5. The van der Waals surface area contributed by atoms with Crippen LogP contribution in [0.15, 0.2) is 67.0 Å². The highest BCUT2D eigenvalue weighted by atomic mass is 16.2. The van der Waals surface area contributed by atoms with Crippen LogP contribution in [0.2, 0.25) is 0 Å². The fraction of sp³-hybridized carbons (Fsp3) is 0.346. The van der Waals surface area contributed by atoms with Crippen molar-refractivity contribution in [3.05, 3.63) is 95.1 Å². The maximum absolute atomic E-state index is 13.1. The average molecular weight is 430 g/mol. The first-order valence-electron chi connectivity index (χ1n) is 11.3. The second-order valence-electron chi connectivity index (χ2n) is 8.45. The monoisotopic (exact) mass is 429 g/mol. The number of benzene rings is 1. The molecule has 2 unspecified atom stereocenters. The van der Waals surface area contributed by atoms with Crippen molar-refractivity contribution in [3.8, 4) is 0 Å². The average Bonchev–Trinajstić information content (AvgIpc) is 2.83. The third-order valence-corrected chi connectivity index (χ3v) is 5.95. The second-order valence-corrected chi connectivity index (χ2v) is 8.45. The van der Waals surface area contributed by atoms with E-state index in [0.717, 1.165) is 49.3 Å². The van der Waals surface area contributed by atoms with Gasteiger partial charge in [0.15, 0.2) is 0 Å². The van der Waals surface area contributed by atoms with Crippen LogP contribution < -0.4 is 11.1 Å². The molecule has 2 heterocycles. The van der Waals surface area contributed by atoms with Gasteiger partial charge in [0.25, 0.3) is 0 Å². The van der Waals surface area contributed by atoms with Gasteiger partial charge < -0.3 is 16.0 Å². The molecule has 0 fully saturated rings. The minimum absolute atomic E-state index is 0.0295. The van der Waals surface area contributed by atoms with E-state index in [-0.39, 0.29) is 11.9 Å². The molecular weight excluding hydrogens is 398 g/mol. The van der Waals surface area contributed by atoms with E-state index in [9.17, 15) is 4.79 Å². The minimum atomic E-state index is -0.542. The normalized spacial score (nSPS) is 16.2. The summed E-state index contributed by atoms with van der Waals surface area (Å²) in [6, 6.07) is 17.9. The van der Waals surface area contributed by atoms with Crippen LogP contribution in [0.25, 0.3) is 0 Å². The van der Waals surface area contributed by atoms with Crippen LogP contribution >= 0.6 is 0 Å². The van der Waals surface area contributed by atoms with E-state index >= 15 is 0 Å². The van der Waals surface area contributed by atoms with Crippen LogP contribution in [-0.2, 0) is 30.8 Å². The smallest absolute Gasteiger partial charge is 0.240 e. The van der Waals surface area contributed by atoms with Crippen molar-refractivity contribution in [1.29, 1.82) is 0 Å². The summed E-state index contributed by atoms with van der Waals surface area (Å²) in [6.45, 7) is 3.78. The Hall–Kier alpha value is -3.09. The molecule has 0 radical (unpaired) electrons. The zero-order valence-corrected chi connectivity index (χ0v) is 18.6. The third kappa shape index (κ3) is 5.39. The van der Waals surface area contributed by atoms with E-state index in [1.165, 1.54) is 11.1 Å². The van der Waals surface area contributed by atoms with E-state index in [4.69, 9.17) is 5.73 Å². The molecule has 0 saturated heterocycles. The zero-order valence-electron chi connectivity index (χ0n) is 18.6. The fourth-order valence-corrected chi connectivity index (χ4v) is 4.29. The molecule has 6 heteroatoms. The molecule has 2 aromatic heterocycles. The van der Waals surface area contributed by atoms with Crippen molar-refractivity contribution in [2.24, 2.45) is 5.73 Å². The van der Waals surface area contributed by atoms with Gasteiger partial charge in [-0.2, -0.15) is 0 Å². The molecule has 4 rings (SSSR count).